The number of rotatable bonds is 4. The van der Waals surface area contributed by atoms with E-state index in [0.29, 0.717) is 29.7 Å². The van der Waals surface area contributed by atoms with Gasteiger partial charge < -0.3 is 10.4 Å². The highest BCUT2D eigenvalue weighted by Crippen LogP contribution is 2.52. The summed E-state index contributed by atoms with van der Waals surface area (Å²) < 4.78 is 1.56. The number of nitrogens with one attached hydrogen (secondary N) is 1. The van der Waals surface area contributed by atoms with Gasteiger partial charge in [0.2, 0.25) is 0 Å². The molecule has 2 aliphatic carbocycles. The summed E-state index contributed by atoms with van der Waals surface area (Å²) in [4.78, 5) is 28.1. The molecule has 2 heterocycles. The summed E-state index contributed by atoms with van der Waals surface area (Å²) in [5.41, 5.74) is 1.04. The van der Waals surface area contributed by atoms with Gasteiger partial charge in [0, 0.05) is 12.7 Å². The number of amides is 1. The molecular weight excluding hydrogens is 342 g/mol. The molecule has 2 aromatic rings. The van der Waals surface area contributed by atoms with Crippen LogP contribution in [0, 0.1) is 23.2 Å². The van der Waals surface area contributed by atoms with Crippen molar-refractivity contribution in [3.05, 3.63) is 35.8 Å². The molecule has 0 saturated heterocycles. The summed E-state index contributed by atoms with van der Waals surface area (Å²) in [6, 6.07) is 5.16. The van der Waals surface area contributed by atoms with Crippen molar-refractivity contribution in [2.45, 2.75) is 46.0 Å². The maximum Gasteiger partial charge on any atom is 0.356 e. The molecule has 6 nitrogen and oxygen atoms in total. The maximum atomic E-state index is 12.9. The van der Waals surface area contributed by atoms with Crippen molar-refractivity contribution < 1.29 is 14.7 Å². The lowest BCUT2D eigenvalue weighted by Gasteiger charge is -2.50. The van der Waals surface area contributed by atoms with Crippen molar-refractivity contribution in [3.63, 3.8) is 0 Å². The number of pyridine rings is 1. The molecule has 2 saturated carbocycles. The highest BCUT2D eigenvalue weighted by atomic mass is 16.4. The van der Waals surface area contributed by atoms with Gasteiger partial charge >= 0.3 is 5.97 Å². The number of aromatic nitrogens is 2. The minimum absolute atomic E-state index is 0.0566. The Hall–Kier alpha value is -2.37. The molecule has 27 heavy (non-hydrogen) atoms. The third kappa shape index (κ3) is 3.45. The van der Waals surface area contributed by atoms with Crippen molar-refractivity contribution in [1.29, 1.82) is 0 Å². The number of carbonyl (C=O) groups is 2. The number of nitrogens with zero attached hydrogens (tertiary/aromatic N) is 2. The highest BCUT2D eigenvalue weighted by molar-refractivity contribution is 5.94. The minimum Gasteiger partial charge on any atom is -0.476 e. The van der Waals surface area contributed by atoms with E-state index < -0.39 is 5.97 Å². The molecule has 2 atom stereocenters. The summed E-state index contributed by atoms with van der Waals surface area (Å²) >= 11 is 0. The van der Waals surface area contributed by atoms with Crippen molar-refractivity contribution in [2.24, 2.45) is 23.2 Å². The Bertz CT molecular complexity index is 868. The van der Waals surface area contributed by atoms with Crippen LogP contribution in [-0.2, 0) is 0 Å². The summed E-state index contributed by atoms with van der Waals surface area (Å²) in [6.45, 7) is 5.35. The predicted octanol–water partition coefficient (Wildman–Crippen LogP) is 3.61. The number of fused-ring (bicyclic) bond motifs is 3. The van der Waals surface area contributed by atoms with Gasteiger partial charge in [-0.15, -0.1) is 0 Å². The number of aromatic carboxylic acids is 1. The van der Waals surface area contributed by atoms with Gasteiger partial charge in [0.25, 0.3) is 5.91 Å². The van der Waals surface area contributed by atoms with Crippen LogP contribution in [0.4, 0.5) is 0 Å². The first kappa shape index (κ1) is 18.0. The van der Waals surface area contributed by atoms with Crippen molar-refractivity contribution in [2.75, 3.05) is 6.54 Å². The van der Waals surface area contributed by atoms with E-state index in [2.05, 4.69) is 24.1 Å². The normalized spacial score (nSPS) is 30.2. The topological polar surface area (TPSA) is 83.7 Å². The van der Waals surface area contributed by atoms with E-state index in [9.17, 15) is 9.59 Å². The lowest BCUT2D eigenvalue weighted by molar-refractivity contribution is 0.0183. The Morgan fingerprint density at radius 1 is 1.22 bits per heavy atom. The molecule has 0 aliphatic heterocycles. The number of carboxylic acid groups (broad SMARTS) is 1. The molecule has 2 N–H and O–H groups in total. The van der Waals surface area contributed by atoms with Gasteiger partial charge in [-0.1, -0.05) is 19.9 Å². The van der Waals surface area contributed by atoms with Gasteiger partial charge in [0.15, 0.2) is 5.69 Å². The summed E-state index contributed by atoms with van der Waals surface area (Å²) in [7, 11) is 0. The Labute approximate surface area is 159 Å². The average Bonchev–Trinajstić information content (AvgIpc) is 3.03. The summed E-state index contributed by atoms with van der Waals surface area (Å²) in [5.74, 6) is 0.941. The van der Waals surface area contributed by atoms with Crippen LogP contribution in [0.15, 0.2) is 24.4 Å². The third-order valence-corrected chi connectivity index (χ3v) is 6.32. The van der Waals surface area contributed by atoms with Crippen LogP contribution in [0.2, 0.25) is 0 Å². The summed E-state index contributed by atoms with van der Waals surface area (Å²) in [5, 5.41) is 12.3. The number of hydrogen-bond donors (Lipinski definition) is 2. The van der Waals surface area contributed by atoms with E-state index in [4.69, 9.17) is 5.11 Å². The second-order valence-electron chi connectivity index (χ2n) is 8.91. The quantitative estimate of drug-likeness (QED) is 0.862. The minimum atomic E-state index is -1.10. The molecule has 6 heteroatoms. The van der Waals surface area contributed by atoms with Gasteiger partial charge in [-0.05, 0) is 67.4 Å². The monoisotopic (exact) mass is 369 g/mol. The first-order valence-electron chi connectivity index (χ1n) is 9.85. The summed E-state index contributed by atoms with van der Waals surface area (Å²) in [6.07, 6.45) is 7.59. The highest BCUT2D eigenvalue weighted by Gasteiger charge is 2.44. The van der Waals surface area contributed by atoms with Crippen LogP contribution in [-0.4, -0.2) is 32.9 Å². The standard InChI is InChI=1S/C21H27N3O3/c1-13-6-15-7-14(2)9-21(8-13,10-15)12-22-19(25)17-4-3-5-18-23-16(20(26)27)11-24(17)18/h3-5,11,13-15H,6-10,12H2,1-2H3,(H,22,25)(H,26,27). The van der Waals surface area contributed by atoms with E-state index in [1.807, 2.05) is 0 Å². The Morgan fingerprint density at radius 3 is 2.59 bits per heavy atom. The van der Waals surface area contributed by atoms with Gasteiger partial charge in [0.05, 0.1) is 0 Å². The average molecular weight is 369 g/mol. The Kier molecular flexibility index (Phi) is 4.44. The third-order valence-electron chi connectivity index (χ3n) is 6.32. The zero-order valence-corrected chi connectivity index (χ0v) is 15.9. The molecule has 2 aliphatic rings. The molecule has 0 spiro atoms. The molecular formula is C21H27N3O3. The molecule has 2 bridgehead atoms. The Morgan fingerprint density at radius 2 is 1.93 bits per heavy atom. The lowest BCUT2D eigenvalue weighted by Crippen LogP contribution is -2.46. The number of carbonyl (C=O) groups excluding carboxylic acids is 1. The van der Waals surface area contributed by atoms with Crippen LogP contribution in [0.3, 0.4) is 0 Å². The van der Waals surface area contributed by atoms with Crippen molar-refractivity contribution in [3.8, 4) is 0 Å². The zero-order valence-electron chi connectivity index (χ0n) is 15.9. The molecule has 144 valence electrons. The molecule has 2 fully saturated rings. The fourth-order valence-electron chi connectivity index (χ4n) is 5.78. The molecule has 0 radical (unpaired) electrons. The van der Waals surface area contributed by atoms with Crippen LogP contribution in [0.1, 0.15) is 66.9 Å². The van der Waals surface area contributed by atoms with Crippen LogP contribution >= 0.6 is 0 Å². The van der Waals surface area contributed by atoms with Crippen molar-refractivity contribution >= 4 is 17.5 Å². The molecule has 2 aromatic heterocycles. The van der Waals surface area contributed by atoms with E-state index in [1.54, 1.807) is 22.6 Å². The smallest absolute Gasteiger partial charge is 0.356 e. The first-order valence-corrected chi connectivity index (χ1v) is 9.85. The van der Waals surface area contributed by atoms with E-state index in [-0.39, 0.29) is 17.0 Å². The molecule has 2 unspecified atom stereocenters. The number of carboxylic acids is 1. The SMILES string of the molecule is CC1CC2CC(C)CC(CNC(=O)c3cccc4nc(C(=O)O)cn34)(C1)C2. The van der Waals surface area contributed by atoms with Crippen LogP contribution in [0.25, 0.3) is 5.65 Å². The van der Waals surface area contributed by atoms with Crippen molar-refractivity contribution in [1.82, 2.24) is 14.7 Å². The lowest BCUT2D eigenvalue weighted by atomic mass is 9.57. The van der Waals surface area contributed by atoms with E-state index >= 15 is 0 Å². The predicted molar refractivity (Wildman–Crippen MR) is 102 cm³/mol. The van der Waals surface area contributed by atoms with Gasteiger partial charge in [0.1, 0.15) is 11.3 Å². The van der Waals surface area contributed by atoms with E-state index in [1.165, 1.54) is 38.3 Å². The van der Waals surface area contributed by atoms with Gasteiger partial charge in [-0.25, -0.2) is 9.78 Å². The maximum absolute atomic E-state index is 12.9. The Balaban J connectivity index is 1.54. The largest absolute Gasteiger partial charge is 0.476 e. The van der Waals surface area contributed by atoms with E-state index in [0.717, 1.165) is 5.92 Å². The second kappa shape index (κ2) is 6.66. The van der Waals surface area contributed by atoms with Gasteiger partial charge in [-0.2, -0.15) is 0 Å². The number of hydrogen-bond acceptors (Lipinski definition) is 3. The molecule has 1 amide bonds. The fraction of sp³-hybridized carbons (Fsp3) is 0.571. The van der Waals surface area contributed by atoms with Gasteiger partial charge in [-0.3, -0.25) is 9.20 Å². The number of imidazole rings is 1. The van der Waals surface area contributed by atoms with Crippen LogP contribution in [0.5, 0.6) is 0 Å². The molecule has 0 aromatic carbocycles. The fourth-order valence-corrected chi connectivity index (χ4v) is 5.78. The molecule has 4 rings (SSSR count). The first-order chi connectivity index (χ1) is 12.8. The van der Waals surface area contributed by atoms with Crippen LogP contribution < -0.4 is 5.32 Å². The zero-order chi connectivity index (χ0) is 19.2. The second-order valence-corrected chi connectivity index (χ2v) is 8.91.